The van der Waals surface area contributed by atoms with Crippen LogP contribution in [0.1, 0.15) is 61.4 Å². The van der Waals surface area contributed by atoms with Gasteiger partial charge in [-0.25, -0.2) is 4.98 Å². The summed E-state index contributed by atoms with van der Waals surface area (Å²) in [6.45, 7) is 5.60. The first-order valence-corrected chi connectivity index (χ1v) is 13.0. The standard InChI is InChI=1S/C26H35Cl2N5/c27-22-15-24-25(16-23(22)28)33(26(32-24)21-9-13-30-14-10-21)18-20-7-5-19(6-8-20)17-31-12-4-2-1-3-11-29/h5-8,15-16,21,30-31H,1-4,9-14,17-18,29H2. The smallest absolute Gasteiger partial charge is 0.113 e. The van der Waals surface area contributed by atoms with E-state index in [0.717, 1.165) is 75.4 Å². The quantitative estimate of drug-likeness (QED) is 0.313. The maximum absolute atomic E-state index is 6.38. The average molecular weight is 489 g/mol. The summed E-state index contributed by atoms with van der Waals surface area (Å²) in [5.41, 5.74) is 10.1. The zero-order chi connectivity index (χ0) is 23.0. The Bertz CT molecular complexity index is 1030. The number of nitrogens with one attached hydrogen (secondary N) is 2. The molecule has 0 bridgehead atoms. The van der Waals surface area contributed by atoms with Gasteiger partial charge in [0.15, 0.2) is 0 Å². The van der Waals surface area contributed by atoms with E-state index in [-0.39, 0.29) is 0 Å². The van der Waals surface area contributed by atoms with Gasteiger partial charge in [0.1, 0.15) is 5.82 Å². The number of rotatable bonds is 11. The van der Waals surface area contributed by atoms with Crippen LogP contribution in [0.25, 0.3) is 11.0 Å². The van der Waals surface area contributed by atoms with Crippen LogP contribution in [0.3, 0.4) is 0 Å². The Kier molecular flexibility index (Phi) is 9.04. The third-order valence-corrected chi connectivity index (χ3v) is 7.25. The Morgan fingerprint density at radius 2 is 1.67 bits per heavy atom. The van der Waals surface area contributed by atoms with E-state index in [4.69, 9.17) is 33.9 Å². The summed E-state index contributed by atoms with van der Waals surface area (Å²) in [7, 11) is 0. The molecule has 0 aliphatic carbocycles. The molecule has 1 saturated heterocycles. The average Bonchev–Trinajstić information content (AvgIpc) is 3.17. The second-order valence-electron chi connectivity index (χ2n) is 9.03. The van der Waals surface area contributed by atoms with Crippen molar-refractivity contribution in [3.63, 3.8) is 0 Å². The minimum Gasteiger partial charge on any atom is -0.330 e. The lowest BCUT2D eigenvalue weighted by Gasteiger charge is -2.23. The molecule has 2 aromatic carbocycles. The molecule has 5 nitrogen and oxygen atoms in total. The fourth-order valence-electron chi connectivity index (χ4n) is 4.62. The summed E-state index contributed by atoms with van der Waals surface area (Å²) in [6, 6.07) is 12.8. The lowest BCUT2D eigenvalue weighted by molar-refractivity contribution is 0.435. The van der Waals surface area contributed by atoms with E-state index in [1.54, 1.807) is 0 Å². The lowest BCUT2D eigenvalue weighted by Crippen LogP contribution is -2.28. The molecule has 4 rings (SSSR count). The fraction of sp³-hybridized carbons (Fsp3) is 0.500. The first kappa shape index (κ1) is 24.5. The molecule has 0 saturated carbocycles. The number of nitrogens with two attached hydrogens (primary N) is 1. The van der Waals surface area contributed by atoms with Gasteiger partial charge in [0, 0.05) is 19.0 Å². The van der Waals surface area contributed by atoms with Gasteiger partial charge < -0.3 is 20.9 Å². The number of hydrogen-bond donors (Lipinski definition) is 3. The van der Waals surface area contributed by atoms with Gasteiger partial charge in [-0.1, -0.05) is 60.3 Å². The van der Waals surface area contributed by atoms with E-state index in [1.807, 2.05) is 12.1 Å². The zero-order valence-corrected chi connectivity index (χ0v) is 20.8. The van der Waals surface area contributed by atoms with Crippen LogP contribution in [-0.4, -0.2) is 35.7 Å². The molecule has 0 amide bonds. The van der Waals surface area contributed by atoms with Crippen molar-refractivity contribution in [3.05, 3.63) is 63.4 Å². The Balaban J connectivity index is 1.45. The van der Waals surface area contributed by atoms with Crippen molar-refractivity contribution in [2.24, 2.45) is 5.73 Å². The van der Waals surface area contributed by atoms with Crippen LogP contribution >= 0.6 is 23.2 Å². The fourth-order valence-corrected chi connectivity index (χ4v) is 4.94. The Labute approximate surface area is 207 Å². The Morgan fingerprint density at radius 1 is 0.970 bits per heavy atom. The van der Waals surface area contributed by atoms with Gasteiger partial charge >= 0.3 is 0 Å². The van der Waals surface area contributed by atoms with Gasteiger partial charge in [-0.3, -0.25) is 0 Å². The van der Waals surface area contributed by atoms with Crippen molar-refractivity contribution < 1.29 is 0 Å². The highest BCUT2D eigenvalue weighted by Gasteiger charge is 2.23. The molecule has 178 valence electrons. The number of halogens is 2. The van der Waals surface area contributed by atoms with Crippen LogP contribution in [0.2, 0.25) is 10.0 Å². The van der Waals surface area contributed by atoms with Crippen molar-refractivity contribution in [1.29, 1.82) is 0 Å². The molecular formula is C26H35Cl2N5. The monoisotopic (exact) mass is 487 g/mol. The normalized spacial score (nSPS) is 14.9. The minimum atomic E-state index is 0.449. The van der Waals surface area contributed by atoms with Crippen LogP contribution in [0.4, 0.5) is 0 Å². The van der Waals surface area contributed by atoms with Crippen LogP contribution in [0.5, 0.6) is 0 Å². The largest absolute Gasteiger partial charge is 0.330 e. The first-order valence-electron chi connectivity index (χ1n) is 12.2. The van der Waals surface area contributed by atoms with E-state index >= 15 is 0 Å². The second kappa shape index (κ2) is 12.2. The highest BCUT2D eigenvalue weighted by molar-refractivity contribution is 6.42. The molecule has 0 radical (unpaired) electrons. The van der Waals surface area contributed by atoms with E-state index in [9.17, 15) is 0 Å². The van der Waals surface area contributed by atoms with Gasteiger partial charge in [0.2, 0.25) is 0 Å². The predicted molar refractivity (Wildman–Crippen MR) is 139 cm³/mol. The van der Waals surface area contributed by atoms with Gasteiger partial charge in [0.05, 0.1) is 21.1 Å². The van der Waals surface area contributed by atoms with E-state index in [1.165, 1.54) is 30.4 Å². The van der Waals surface area contributed by atoms with E-state index < -0.39 is 0 Å². The molecule has 33 heavy (non-hydrogen) atoms. The van der Waals surface area contributed by atoms with Crippen molar-refractivity contribution in [2.45, 2.75) is 57.5 Å². The molecule has 0 atom stereocenters. The number of imidazole rings is 1. The topological polar surface area (TPSA) is 67.9 Å². The second-order valence-corrected chi connectivity index (χ2v) is 9.85. The highest BCUT2D eigenvalue weighted by atomic mass is 35.5. The van der Waals surface area contributed by atoms with Crippen molar-refractivity contribution in [3.8, 4) is 0 Å². The molecule has 1 aliphatic heterocycles. The van der Waals surface area contributed by atoms with Crippen LogP contribution in [0.15, 0.2) is 36.4 Å². The van der Waals surface area contributed by atoms with Gasteiger partial charge in [-0.2, -0.15) is 0 Å². The van der Waals surface area contributed by atoms with Crippen LogP contribution < -0.4 is 16.4 Å². The highest BCUT2D eigenvalue weighted by Crippen LogP contribution is 2.33. The van der Waals surface area contributed by atoms with Crippen LogP contribution in [-0.2, 0) is 13.1 Å². The van der Waals surface area contributed by atoms with Gasteiger partial charge in [-0.15, -0.1) is 0 Å². The van der Waals surface area contributed by atoms with Crippen molar-refractivity contribution in [1.82, 2.24) is 20.2 Å². The summed E-state index contributed by atoms with van der Waals surface area (Å²) < 4.78 is 2.34. The predicted octanol–water partition coefficient (Wildman–Crippen LogP) is 5.47. The maximum Gasteiger partial charge on any atom is 0.113 e. The van der Waals surface area contributed by atoms with Crippen molar-refractivity contribution >= 4 is 34.2 Å². The number of nitrogens with zero attached hydrogens (tertiary/aromatic N) is 2. The lowest BCUT2D eigenvalue weighted by atomic mass is 9.97. The number of piperidine rings is 1. The maximum atomic E-state index is 6.38. The molecule has 1 aromatic heterocycles. The molecule has 4 N–H and O–H groups in total. The van der Waals surface area contributed by atoms with Crippen LogP contribution in [0, 0.1) is 0 Å². The molecular weight excluding hydrogens is 453 g/mol. The molecule has 1 fully saturated rings. The summed E-state index contributed by atoms with van der Waals surface area (Å²) in [6.07, 6.45) is 7.01. The SMILES string of the molecule is NCCCCCCNCc1ccc(Cn2c(C3CCNCC3)nc3cc(Cl)c(Cl)cc32)cc1. The summed E-state index contributed by atoms with van der Waals surface area (Å²) in [4.78, 5) is 5.00. The molecule has 7 heteroatoms. The Morgan fingerprint density at radius 3 is 2.42 bits per heavy atom. The van der Waals surface area contributed by atoms with Crippen molar-refractivity contribution in [2.75, 3.05) is 26.2 Å². The molecule has 0 spiro atoms. The minimum absolute atomic E-state index is 0.449. The number of benzene rings is 2. The number of unbranched alkanes of at least 4 members (excludes halogenated alkanes) is 3. The number of aromatic nitrogens is 2. The van der Waals surface area contributed by atoms with Gasteiger partial charge in [-0.05, 0) is 75.1 Å². The zero-order valence-electron chi connectivity index (χ0n) is 19.3. The number of fused-ring (bicyclic) bond motifs is 1. The summed E-state index contributed by atoms with van der Waals surface area (Å²) in [5, 5.41) is 8.14. The number of hydrogen-bond acceptors (Lipinski definition) is 4. The molecule has 2 heterocycles. The Hall–Kier alpha value is -1.63. The van der Waals surface area contributed by atoms with E-state index in [2.05, 4.69) is 39.5 Å². The van der Waals surface area contributed by atoms with E-state index in [0.29, 0.717) is 16.0 Å². The first-order chi connectivity index (χ1) is 16.2. The third kappa shape index (κ3) is 6.49. The summed E-state index contributed by atoms with van der Waals surface area (Å²) >= 11 is 12.7. The molecule has 1 aliphatic rings. The molecule has 3 aromatic rings. The summed E-state index contributed by atoms with van der Waals surface area (Å²) in [5.74, 6) is 1.59. The molecule has 0 unspecified atom stereocenters. The third-order valence-electron chi connectivity index (χ3n) is 6.52. The van der Waals surface area contributed by atoms with Gasteiger partial charge in [0.25, 0.3) is 0 Å².